The number of rotatable bonds is 3. The first-order valence-corrected chi connectivity index (χ1v) is 7.88. The average molecular weight is 300 g/mol. The highest BCUT2D eigenvalue weighted by Gasteiger charge is 2.32. The molecule has 2 rings (SSSR count). The maximum absolute atomic E-state index is 12.7. The first-order valence-electron chi connectivity index (χ1n) is 7.88. The van der Waals surface area contributed by atoms with E-state index >= 15 is 0 Å². The molecule has 1 saturated carbocycles. The fourth-order valence-electron chi connectivity index (χ4n) is 3.04. The van der Waals surface area contributed by atoms with E-state index in [1.165, 1.54) is 7.11 Å². The molecule has 1 aromatic rings. The topological polar surface area (TPSA) is 43.4 Å². The molecule has 0 radical (unpaired) electrons. The van der Waals surface area contributed by atoms with Crippen LogP contribution < -0.4 is 0 Å². The molecule has 1 aliphatic rings. The summed E-state index contributed by atoms with van der Waals surface area (Å²) in [5, 5.41) is 0. The van der Waals surface area contributed by atoms with Crippen molar-refractivity contribution in [2.45, 2.75) is 33.6 Å². The predicted octanol–water partition coefficient (Wildman–Crippen LogP) is 4.13. The Morgan fingerprint density at radius 3 is 2.41 bits per heavy atom. The molecule has 2 atom stereocenters. The van der Waals surface area contributed by atoms with Gasteiger partial charge in [0.05, 0.1) is 12.7 Å². The molecule has 22 heavy (non-hydrogen) atoms. The minimum absolute atomic E-state index is 0.136. The summed E-state index contributed by atoms with van der Waals surface area (Å²) in [5.74, 6) is 0.747. The highest BCUT2D eigenvalue weighted by molar-refractivity contribution is 6.02. The van der Waals surface area contributed by atoms with E-state index in [-0.39, 0.29) is 17.7 Å². The molecule has 0 spiro atoms. The van der Waals surface area contributed by atoms with E-state index in [9.17, 15) is 9.59 Å². The number of hydrogen-bond acceptors (Lipinski definition) is 3. The second-order valence-corrected chi connectivity index (χ2v) is 6.41. The van der Waals surface area contributed by atoms with Gasteiger partial charge >= 0.3 is 5.97 Å². The Balaban J connectivity index is 2.26. The Hall–Kier alpha value is -1.90. The first-order chi connectivity index (χ1) is 10.4. The summed E-state index contributed by atoms with van der Waals surface area (Å²) in [5.41, 5.74) is 2.38. The van der Waals surface area contributed by atoms with E-state index in [1.807, 2.05) is 18.2 Å². The lowest BCUT2D eigenvalue weighted by Gasteiger charge is -2.30. The van der Waals surface area contributed by atoms with Crippen molar-refractivity contribution in [2.75, 3.05) is 7.11 Å². The van der Waals surface area contributed by atoms with Crippen molar-refractivity contribution < 1.29 is 14.3 Å². The molecule has 3 heteroatoms. The summed E-state index contributed by atoms with van der Waals surface area (Å²) in [7, 11) is 1.37. The van der Waals surface area contributed by atoms with Gasteiger partial charge in [0.1, 0.15) is 0 Å². The predicted molar refractivity (Wildman–Crippen MR) is 87.5 cm³/mol. The number of ether oxygens (including phenoxy) is 1. The molecule has 0 N–H and O–H groups in total. The summed E-state index contributed by atoms with van der Waals surface area (Å²) in [6.07, 6.45) is 4.01. The minimum atomic E-state index is -0.346. The van der Waals surface area contributed by atoms with Crippen LogP contribution in [-0.4, -0.2) is 18.9 Å². The van der Waals surface area contributed by atoms with Crippen LogP contribution in [0.3, 0.4) is 0 Å². The molecule has 118 valence electrons. The van der Waals surface area contributed by atoms with E-state index in [4.69, 9.17) is 4.74 Å². The maximum atomic E-state index is 12.7. The average Bonchev–Trinajstić information content (AvgIpc) is 2.50. The van der Waals surface area contributed by atoms with Gasteiger partial charge in [-0.2, -0.15) is 0 Å². The minimum Gasteiger partial charge on any atom is -0.465 e. The van der Waals surface area contributed by atoms with Crippen LogP contribution in [0.15, 0.2) is 29.8 Å². The normalized spacial score (nSPS) is 23.9. The van der Waals surface area contributed by atoms with Crippen molar-refractivity contribution in [3.05, 3.63) is 41.0 Å². The van der Waals surface area contributed by atoms with Crippen molar-refractivity contribution in [2.24, 2.45) is 17.8 Å². The van der Waals surface area contributed by atoms with Gasteiger partial charge in [0.25, 0.3) is 0 Å². The number of hydrogen-bond donors (Lipinski definition) is 0. The Kier molecular flexibility index (Phi) is 5.17. The summed E-state index contributed by atoms with van der Waals surface area (Å²) >= 11 is 0. The monoisotopic (exact) mass is 300 g/mol. The lowest BCUT2D eigenvalue weighted by molar-refractivity contribution is -0.122. The smallest absolute Gasteiger partial charge is 0.337 e. The number of esters is 1. The number of allylic oxidation sites excluding steroid dienone is 1. The zero-order chi connectivity index (χ0) is 16.3. The van der Waals surface area contributed by atoms with Crippen LogP contribution >= 0.6 is 0 Å². The molecular weight excluding hydrogens is 276 g/mol. The molecule has 0 aromatic heterocycles. The third kappa shape index (κ3) is 3.46. The fourth-order valence-corrected chi connectivity index (χ4v) is 3.04. The molecule has 0 amide bonds. The van der Waals surface area contributed by atoms with Crippen LogP contribution in [0.4, 0.5) is 0 Å². The Morgan fingerprint density at radius 1 is 1.23 bits per heavy atom. The number of carbonyl (C=O) groups is 2. The molecule has 1 aromatic carbocycles. The number of benzene rings is 1. The molecule has 0 bridgehead atoms. The molecular formula is C19H24O3. The number of ketones is 1. The van der Waals surface area contributed by atoms with E-state index in [2.05, 4.69) is 20.8 Å². The Bertz CT molecular complexity index is 581. The van der Waals surface area contributed by atoms with Gasteiger partial charge in [-0.25, -0.2) is 4.79 Å². The highest BCUT2D eigenvalue weighted by atomic mass is 16.5. The number of Topliss-reactive ketones (excluding diaryl/α,β-unsaturated/α-hetero) is 1. The molecule has 1 aliphatic carbocycles. The lowest BCUT2D eigenvalue weighted by Crippen LogP contribution is -2.30. The van der Waals surface area contributed by atoms with E-state index in [1.54, 1.807) is 12.1 Å². The van der Waals surface area contributed by atoms with Crippen LogP contribution in [-0.2, 0) is 9.53 Å². The molecule has 0 aliphatic heterocycles. The van der Waals surface area contributed by atoms with Crippen LogP contribution in [0, 0.1) is 17.8 Å². The highest BCUT2D eigenvalue weighted by Crippen LogP contribution is 2.35. The van der Waals surface area contributed by atoms with E-state index in [0.29, 0.717) is 17.4 Å². The molecule has 1 fully saturated rings. The van der Waals surface area contributed by atoms with Crippen molar-refractivity contribution in [3.8, 4) is 0 Å². The Morgan fingerprint density at radius 2 is 1.86 bits per heavy atom. The van der Waals surface area contributed by atoms with E-state index in [0.717, 1.165) is 24.0 Å². The third-order valence-corrected chi connectivity index (χ3v) is 4.52. The SMILES string of the molecule is COC(=O)c1ccc(/C=C2\C(=O)[C@H](C(C)C)CC[C@@H]2C)cc1. The fraction of sp³-hybridized carbons (Fsp3) is 0.474. The first kappa shape index (κ1) is 16.5. The molecule has 0 saturated heterocycles. The second-order valence-electron chi connectivity index (χ2n) is 6.41. The summed E-state index contributed by atoms with van der Waals surface area (Å²) in [6.45, 7) is 6.34. The van der Waals surface area contributed by atoms with Crippen molar-refractivity contribution in [3.63, 3.8) is 0 Å². The third-order valence-electron chi connectivity index (χ3n) is 4.52. The van der Waals surface area contributed by atoms with Gasteiger partial charge in [0, 0.05) is 5.92 Å². The zero-order valence-corrected chi connectivity index (χ0v) is 13.8. The summed E-state index contributed by atoms with van der Waals surface area (Å²) < 4.78 is 4.69. The van der Waals surface area contributed by atoms with Gasteiger partial charge in [-0.3, -0.25) is 4.79 Å². The van der Waals surface area contributed by atoms with Crippen LogP contribution in [0.1, 0.15) is 49.5 Å². The standard InChI is InChI=1S/C19H24O3/c1-12(2)16-10-5-13(3)17(18(16)20)11-14-6-8-15(9-7-14)19(21)22-4/h6-9,11-13,16H,5,10H2,1-4H3/b17-11-/t13-,16-/m0/s1. The summed E-state index contributed by atoms with van der Waals surface area (Å²) in [4.78, 5) is 24.1. The van der Waals surface area contributed by atoms with Crippen molar-refractivity contribution in [1.82, 2.24) is 0 Å². The van der Waals surface area contributed by atoms with Gasteiger partial charge in [-0.1, -0.05) is 32.9 Å². The molecule has 3 nitrogen and oxygen atoms in total. The quantitative estimate of drug-likeness (QED) is 0.623. The van der Waals surface area contributed by atoms with Gasteiger partial charge in [-0.05, 0) is 54.0 Å². The van der Waals surface area contributed by atoms with Crippen LogP contribution in [0.25, 0.3) is 6.08 Å². The number of methoxy groups -OCH3 is 1. The molecule has 0 heterocycles. The largest absolute Gasteiger partial charge is 0.465 e. The van der Waals surface area contributed by atoms with E-state index < -0.39 is 0 Å². The Labute approximate surface area is 132 Å². The second kappa shape index (κ2) is 6.91. The van der Waals surface area contributed by atoms with Crippen molar-refractivity contribution in [1.29, 1.82) is 0 Å². The molecule has 0 unspecified atom stereocenters. The zero-order valence-electron chi connectivity index (χ0n) is 13.8. The van der Waals surface area contributed by atoms with Crippen LogP contribution in [0.2, 0.25) is 0 Å². The lowest BCUT2D eigenvalue weighted by atomic mass is 9.73. The number of carbonyl (C=O) groups excluding carboxylic acids is 2. The van der Waals surface area contributed by atoms with Gasteiger partial charge < -0.3 is 4.74 Å². The van der Waals surface area contributed by atoms with Crippen molar-refractivity contribution >= 4 is 17.8 Å². The van der Waals surface area contributed by atoms with Gasteiger partial charge in [0.15, 0.2) is 5.78 Å². The maximum Gasteiger partial charge on any atom is 0.337 e. The summed E-state index contributed by atoms with van der Waals surface area (Å²) in [6, 6.07) is 7.18. The van der Waals surface area contributed by atoms with Gasteiger partial charge in [0.2, 0.25) is 0 Å². The van der Waals surface area contributed by atoms with Crippen LogP contribution in [0.5, 0.6) is 0 Å². The van der Waals surface area contributed by atoms with Gasteiger partial charge in [-0.15, -0.1) is 0 Å².